The number of hydrogen-bond acceptors (Lipinski definition) is 9. The summed E-state index contributed by atoms with van der Waals surface area (Å²) in [6, 6.07) is 7.90. The number of ketones is 1. The number of hydrogen-bond donors (Lipinski definition) is 4. The Morgan fingerprint density at radius 3 is 2.53 bits per heavy atom. The largest absolute Gasteiger partial charge is 0.481 e. The van der Waals surface area contributed by atoms with Crippen LogP contribution in [0, 0.1) is 0 Å². The smallest absolute Gasteiger partial charge is 0.317 e. The van der Waals surface area contributed by atoms with Crippen molar-refractivity contribution in [3.05, 3.63) is 41.6 Å². The highest BCUT2D eigenvalue weighted by molar-refractivity contribution is 8.02. The molecule has 3 atom stereocenters. The number of anilines is 1. The monoisotopic (exact) mass is 515 g/mol. The molecule has 0 saturated carbocycles. The van der Waals surface area contributed by atoms with Crippen LogP contribution in [0.15, 0.2) is 41.6 Å². The highest BCUT2D eigenvalue weighted by Crippen LogP contribution is 2.48. The number of ether oxygens (including phenoxy) is 1. The van der Waals surface area contributed by atoms with Gasteiger partial charge in [-0.1, -0.05) is 18.2 Å². The van der Waals surface area contributed by atoms with Crippen molar-refractivity contribution in [2.45, 2.75) is 44.9 Å². The molecule has 1 unspecified atom stereocenters. The Morgan fingerprint density at radius 1 is 1.21 bits per heavy atom. The Balaban J connectivity index is 2.76. The van der Waals surface area contributed by atoms with Crippen LogP contribution in [0.5, 0.6) is 0 Å². The summed E-state index contributed by atoms with van der Waals surface area (Å²) in [7, 11) is -3.36. The molecule has 0 fully saturated rings. The van der Waals surface area contributed by atoms with Gasteiger partial charge in [0.05, 0.1) is 19.1 Å². The van der Waals surface area contributed by atoms with Gasteiger partial charge in [-0.2, -0.15) is 0 Å². The summed E-state index contributed by atoms with van der Waals surface area (Å²) in [6.07, 6.45) is -1.63. The van der Waals surface area contributed by atoms with E-state index in [1.54, 1.807) is 31.2 Å². The Bertz CT molecular complexity index is 884. The van der Waals surface area contributed by atoms with Crippen LogP contribution in [0.4, 0.5) is 5.69 Å². The molecule has 11 nitrogen and oxygen atoms in total. The molecule has 0 aromatic heterocycles. The summed E-state index contributed by atoms with van der Waals surface area (Å²) < 4.78 is 22.9. The fraction of sp³-hybridized carbons (Fsp3) is 0.429. The zero-order valence-corrected chi connectivity index (χ0v) is 20.5. The average molecular weight is 516 g/mol. The summed E-state index contributed by atoms with van der Waals surface area (Å²) in [6.45, 7) is 2.09. The lowest BCUT2D eigenvalue weighted by Gasteiger charge is -2.18. The summed E-state index contributed by atoms with van der Waals surface area (Å²) in [5.41, 5.74) is 6.11. The number of carboxylic acid groups (broad SMARTS) is 1. The van der Waals surface area contributed by atoms with E-state index >= 15 is 0 Å². The van der Waals surface area contributed by atoms with Crippen molar-refractivity contribution in [2.24, 2.45) is 5.73 Å². The maximum atomic E-state index is 13.0. The molecule has 0 aliphatic heterocycles. The minimum absolute atomic E-state index is 0.0519. The van der Waals surface area contributed by atoms with Crippen LogP contribution in [0.2, 0.25) is 0 Å². The number of aliphatic carboxylic acids is 1. The average Bonchev–Trinajstić information content (AvgIpc) is 2.79. The Morgan fingerprint density at radius 2 is 1.91 bits per heavy atom. The van der Waals surface area contributed by atoms with E-state index in [-0.39, 0.29) is 44.5 Å². The van der Waals surface area contributed by atoms with E-state index in [4.69, 9.17) is 15.4 Å². The third kappa shape index (κ3) is 12.5. The van der Waals surface area contributed by atoms with Gasteiger partial charge in [-0.3, -0.25) is 29.5 Å². The fourth-order valence-corrected chi connectivity index (χ4v) is 5.25. The van der Waals surface area contributed by atoms with Gasteiger partial charge in [0.2, 0.25) is 5.91 Å². The number of carbonyl (C=O) groups is 4. The van der Waals surface area contributed by atoms with Crippen LogP contribution < -0.4 is 16.1 Å². The van der Waals surface area contributed by atoms with Crippen LogP contribution in [0.25, 0.3) is 0 Å². The number of carboxylic acids is 1. The van der Waals surface area contributed by atoms with Crippen molar-refractivity contribution in [2.75, 3.05) is 17.4 Å². The first-order chi connectivity index (χ1) is 16.2. The number of rotatable bonds is 18. The Labute approximate surface area is 202 Å². The van der Waals surface area contributed by atoms with Crippen molar-refractivity contribution in [1.82, 2.24) is 5.32 Å². The molecule has 0 heterocycles. The molecule has 1 amide bonds. The van der Waals surface area contributed by atoms with Gasteiger partial charge in [-0.15, -0.1) is 11.8 Å². The zero-order valence-electron chi connectivity index (χ0n) is 18.8. The molecule has 0 aliphatic carbocycles. The Kier molecular flexibility index (Phi) is 13.9. The molecule has 1 aromatic carbocycles. The van der Waals surface area contributed by atoms with E-state index in [0.717, 1.165) is 11.8 Å². The molecule has 0 saturated heterocycles. The summed E-state index contributed by atoms with van der Waals surface area (Å²) >= 11 is 1.11. The van der Waals surface area contributed by atoms with Crippen molar-refractivity contribution < 1.29 is 38.1 Å². The zero-order chi connectivity index (χ0) is 25.4. The minimum atomic E-state index is -3.36. The standard InChI is InChI=1S/C21H30N3O8PS/c1-2-32-33(30,24-16-6-4-3-5-7-16)12-13-34-14-17(18(26)8-11-21(28)29)23-20(27)10-9-19(22)31-15-25/h3-7,12-13,15,17,19H,2,8-11,14,22H2,1H3,(H,23,27)(H,24,30)(H,28,29)/b13-12-/t17-,19+,33?/m0/s1. The lowest BCUT2D eigenvalue weighted by Crippen LogP contribution is -2.43. The first-order valence-electron chi connectivity index (χ1n) is 10.4. The number of nitrogens with one attached hydrogen (secondary N) is 2. The van der Waals surface area contributed by atoms with Crippen LogP contribution in [-0.2, 0) is 33.0 Å². The number of para-hydroxylation sites is 1. The van der Waals surface area contributed by atoms with Crippen LogP contribution in [-0.4, -0.2) is 53.9 Å². The summed E-state index contributed by atoms with van der Waals surface area (Å²) in [4.78, 5) is 45.7. The highest BCUT2D eigenvalue weighted by Gasteiger charge is 2.22. The molecule has 5 N–H and O–H groups in total. The van der Waals surface area contributed by atoms with Crippen molar-refractivity contribution >= 4 is 49.1 Å². The van der Waals surface area contributed by atoms with Crippen molar-refractivity contribution in [3.8, 4) is 0 Å². The summed E-state index contributed by atoms with van der Waals surface area (Å²) in [5.74, 6) is -0.651. The van der Waals surface area contributed by atoms with Gasteiger partial charge >= 0.3 is 13.5 Å². The first-order valence-corrected chi connectivity index (χ1v) is 13.2. The molecule has 13 heteroatoms. The number of benzene rings is 1. The van der Waals surface area contributed by atoms with Crippen molar-refractivity contribution in [3.63, 3.8) is 0 Å². The van der Waals surface area contributed by atoms with Gasteiger partial charge in [0.15, 0.2) is 12.0 Å². The van der Waals surface area contributed by atoms with Gasteiger partial charge < -0.3 is 24.8 Å². The second-order valence-corrected chi connectivity index (χ2v) is 9.81. The molecule has 1 aromatic rings. The van der Waals surface area contributed by atoms with Crippen LogP contribution >= 0.6 is 19.3 Å². The second kappa shape index (κ2) is 16.0. The Hall–Kier alpha value is -2.66. The van der Waals surface area contributed by atoms with Crippen molar-refractivity contribution in [1.29, 1.82) is 0 Å². The van der Waals surface area contributed by atoms with E-state index in [9.17, 15) is 23.7 Å². The second-order valence-electron chi connectivity index (χ2n) is 6.90. The van der Waals surface area contributed by atoms with E-state index in [1.165, 1.54) is 11.2 Å². The summed E-state index contributed by atoms with van der Waals surface area (Å²) in [5, 5.41) is 15.7. The van der Waals surface area contributed by atoms with Gasteiger partial charge in [-0.05, 0) is 24.5 Å². The number of nitrogens with two attached hydrogens (primary N) is 1. The molecule has 34 heavy (non-hydrogen) atoms. The molecular weight excluding hydrogens is 485 g/mol. The normalized spacial score (nSPS) is 14.5. The van der Waals surface area contributed by atoms with E-state index in [1.807, 2.05) is 6.07 Å². The van der Waals surface area contributed by atoms with Crippen LogP contribution in [0.1, 0.15) is 32.6 Å². The number of Topliss-reactive ketones (excluding diaryl/α,β-unsaturated/α-hetero) is 1. The lowest BCUT2D eigenvalue weighted by molar-refractivity contribution is -0.139. The van der Waals surface area contributed by atoms with E-state index in [0.29, 0.717) is 5.69 Å². The minimum Gasteiger partial charge on any atom is -0.481 e. The van der Waals surface area contributed by atoms with E-state index in [2.05, 4.69) is 15.1 Å². The maximum Gasteiger partial charge on any atom is 0.317 e. The van der Waals surface area contributed by atoms with Gasteiger partial charge in [0.25, 0.3) is 6.47 Å². The molecule has 0 aliphatic rings. The lowest BCUT2D eigenvalue weighted by atomic mass is 10.1. The third-order valence-electron chi connectivity index (χ3n) is 4.19. The highest BCUT2D eigenvalue weighted by atomic mass is 32.2. The maximum absolute atomic E-state index is 13.0. The predicted molar refractivity (Wildman–Crippen MR) is 129 cm³/mol. The predicted octanol–water partition coefficient (Wildman–Crippen LogP) is 2.69. The van der Waals surface area contributed by atoms with Gasteiger partial charge in [0, 0.05) is 36.5 Å². The topological polar surface area (TPSA) is 174 Å². The molecular formula is C21H30N3O8PS. The number of thioether (sulfide) groups is 1. The van der Waals surface area contributed by atoms with Crippen LogP contribution in [0.3, 0.4) is 0 Å². The first kappa shape index (κ1) is 29.4. The molecule has 0 radical (unpaired) electrons. The number of amides is 1. The quantitative estimate of drug-likeness (QED) is 0.128. The van der Waals surface area contributed by atoms with Gasteiger partial charge in [0.1, 0.15) is 0 Å². The van der Waals surface area contributed by atoms with Gasteiger partial charge in [-0.25, -0.2) is 0 Å². The SMILES string of the molecule is CCOP(=O)(/C=C\SC[C@H](NC(=O)CC[C@H](N)OC=O)C(=O)CCC(=O)O)Nc1ccccc1. The molecule has 1 rings (SSSR count). The van der Waals surface area contributed by atoms with E-state index < -0.39 is 37.4 Å². The third-order valence-corrected chi connectivity index (χ3v) is 7.00. The molecule has 0 spiro atoms. The molecule has 188 valence electrons. The number of carbonyl (C=O) groups excluding carboxylic acids is 3. The molecule has 0 bridgehead atoms. The fourth-order valence-electron chi connectivity index (χ4n) is 2.57.